The molecule has 152 valence electrons. The molecule has 2 aliphatic heterocycles. The van der Waals surface area contributed by atoms with Crippen LogP contribution in [0.4, 0.5) is 10.1 Å². The number of carbonyl (C=O) groups is 2. The van der Waals surface area contributed by atoms with Crippen LogP contribution in [0.2, 0.25) is 0 Å². The van der Waals surface area contributed by atoms with E-state index in [0.717, 1.165) is 17.5 Å². The van der Waals surface area contributed by atoms with Crippen LogP contribution in [0.15, 0.2) is 48.5 Å². The van der Waals surface area contributed by atoms with Crippen LogP contribution in [-0.4, -0.2) is 54.3 Å². The predicted octanol–water partition coefficient (Wildman–Crippen LogP) is 3.01. The number of rotatable bonds is 4. The summed E-state index contributed by atoms with van der Waals surface area (Å²) in [7, 11) is 0. The minimum absolute atomic E-state index is 0.00823. The standard InChI is InChI=1S/C23H26FN3O2/c1-2-11-27-21(28)16-17-7-3-4-8-18(17)22(27)23(29)26-14-12-25(13-15-26)20-10-6-5-9-19(20)24/h3-10,22H,2,11-16H2,1H3/t22-/m1/s1. The van der Waals surface area contributed by atoms with E-state index in [1.54, 1.807) is 17.0 Å². The zero-order chi connectivity index (χ0) is 20.4. The Morgan fingerprint density at radius 1 is 1.03 bits per heavy atom. The highest BCUT2D eigenvalue weighted by molar-refractivity contribution is 5.92. The Morgan fingerprint density at radius 3 is 2.45 bits per heavy atom. The molecule has 2 aromatic carbocycles. The second-order valence-corrected chi connectivity index (χ2v) is 7.63. The van der Waals surface area contributed by atoms with Crippen molar-refractivity contribution in [3.63, 3.8) is 0 Å². The second-order valence-electron chi connectivity index (χ2n) is 7.63. The zero-order valence-electron chi connectivity index (χ0n) is 16.7. The van der Waals surface area contributed by atoms with Gasteiger partial charge >= 0.3 is 0 Å². The molecule has 1 saturated heterocycles. The minimum Gasteiger partial charge on any atom is -0.366 e. The molecule has 2 heterocycles. The topological polar surface area (TPSA) is 43.9 Å². The van der Waals surface area contributed by atoms with Crippen molar-refractivity contribution in [2.24, 2.45) is 0 Å². The monoisotopic (exact) mass is 395 g/mol. The lowest BCUT2D eigenvalue weighted by atomic mass is 9.91. The Kier molecular flexibility index (Phi) is 5.51. The number of hydrogen-bond donors (Lipinski definition) is 0. The van der Waals surface area contributed by atoms with E-state index in [-0.39, 0.29) is 17.6 Å². The maximum atomic E-state index is 14.1. The van der Waals surface area contributed by atoms with E-state index < -0.39 is 6.04 Å². The molecule has 0 aliphatic carbocycles. The van der Waals surface area contributed by atoms with Crippen LogP contribution >= 0.6 is 0 Å². The van der Waals surface area contributed by atoms with Crippen LogP contribution in [0.25, 0.3) is 0 Å². The fraction of sp³-hybridized carbons (Fsp3) is 0.391. The first-order valence-electron chi connectivity index (χ1n) is 10.3. The molecule has 1 atom stereocenters. The summed E-state index contributed by atoms with van der Waals surface area (Å²) in [6, 6.07) is 13.9. The van der Waals surface area contributed by atoms with Crippen molar-refractivity contribution in [3.05, 3.63) is 65.5 Å². The molecule has 0 saturated carbocycles. The lowest BCUT2D eigenvalue weighted by Gasteiger charge is -2.42. The Morgan fingerprint density at radius 2 is 1.72 bits per heavy atom. The maximum Gasteiger partial charge on any atom is 0.250 e. The summed E-state index contributed by atoms with van der Waals surface area (Å²) >= 11 is 0. The maximum absolute atomic E-state index is 14.1. The van der Waals surface area contributed by atoms with E-state index >= 15 is 0 Å². The third-order valence-electron chi connectivity index (χ3n) is 5.81. The molecule has 0 unspecified atom stereocenters. The van der Waals surface area contributed by atoms with Crippen LogP contribution in [0.5, 0.6) is 0 Å². The van der Waals surface area contributed by atoms with Crippen molar-refractivity contribution in [1.29, 1.82) is 0 Å². The number of piperazine rings is 1. The number of anilines is 1. The van der Waals surface area contributed by atoms with E-state index in [2.05, 4.69) is 0 Å². The van der Waals surface area contributed by atoms with Gasteiger partial charge in [-0.2, -0.15) is 0 Å². The highest BCUT2D eigenvalue weighted by atomic mass is 19.1. The summed E-state index contributed by atoms with van der Waals surface area (Å²) in [6.45, 7) is 4.76. The lowest BCUT2D eigenvalue weighted by molar-refractivity contribution is -0.147. The molecule has 0 bridgehead atoms. The summed E-state index contributed by atoms with van der Waals surface area (Å²) in [5.41, 5.74) is 2.45. The summed E-state index contributed by atoms with van der Waals surface area (Å²) in [5.74, 6) is -0.269. The Balaban J connectivity index is 1.54. The molecule has 1 fully saturated rings. The van der Waals surface area contributed by atoms with E-state index in [4.69, 9.17) is 0 Å². The Labute approximate surface area is 170 Å². The van der Waals surface area contributed by atoms with Crippen molar-refractivity contribution in [3.8, 4) is 0 Å². The molecule has 2 amide bonds. The van der Waals surface area contributed by atoms with E-state index in [0.29, 0.717) is 44.8 Å². The molecule has 2 aromatic rings. The Hall–Kier alpha value is -2.89. The van der Waals surface area contributed by atoms with Crippen molar-refractivity contribution in [1.82, 2.24) is 9.80 Å². The van der Waals surface area contributed by atoms with Gasteiger partial charge in [-0.05, 0) is 29.7 Å². The van der Waals surface area contributed by atoms with Crippen LogP contribution in [0.3, 0.4) is 0 Å². The molecule has 29 heavy (non-hydrogen) atoms. The summed E-state index contributed by atoms with van der Waals surface area (Å²) in [5, 5.41) is 0. The van der Waals surface area contributed by atoms with Gasteiger partial charge in [-0.3, -0.25) is 9.59 Å². The van der Waals surface area contributed by atoms with Crippen molar-refractivity contribution in [2.75, 3.05) is 37.6 Å². The molecule has 2 aliphatic rings. The Bertz CT molecular complexity index is 909. The van der Waals surface area contributed by atoms with Gasteiger partial charge in [0.15, 0.2) is 0 Å². The SMILES string of the molecule is CCCN1C(=O)Cc2ccccc2[C@@H]1C(=O)N1CCN(c2ccccc2F)CC1. The van der Waals surface area contributed by atoms with Gasteiger partial charge in [0.25, 0.3) is 0 Å². The first kappa shape index (κ1) is 19.4. The average Bonchev–Trinajstić information content (AvgIpc) is 2.74. The third kappa shape index (κ3) is 3.71. The molecule has 4 rings (SSSR count). The number of carbonyl (C=O) groups excluding carboxylic acids is 2. The number of amides is 2. The van der Waals surface area contributed by atoms with Gasteiger partial charge in [-0.25, -0.2) is 4.39 Å². The molecule has 0 spiro atoms. The predicted molar refractivity (Wildman–Crippen MR) is 110 cm³/mol. The average molecular weight is 395 g/mol. The van der Waals surface area contributed by atoms with Crippen LogP contribution in [0, 0.1) is 5.82 Å². The van der Waals surface area contributed by atoms with Crippen LogP contribution in [-0.2, 0) is 16.0 Å². The second kappa shape index (κ2) is 8.23. The van der Waals surface area contributed by atoms with Crippen molar-refractivity contribution in [2.45, 2.75) is 25.8 Å². The lowest BCUT2D eigenvalue weighted by Crippen LogP contribution is -2.54. The molecule has 0 N–H and O–H groups in total. The summed E-state index contributed by atoms with van der Waals surface area (Å²) < 4.78 is 14.1. The van der Waals surface area contributed by atoms with E-state index in [1.165, 1.54) is 6.07 Å². The van der Waals surface area contributed by atoms with Gasteiger partial charge < -0.3 is 14.7 Å². The number of para-hydroxylation sites is 1. The normalized spacial score (nSPS) is 19.3. The smallest absolute Gasteiger partial charge is 0.250 e. The quantitative estimate of drug-likeness (QED) is 0.799. The van der Waals surface area contributed by atoms with Gasteiger partial charge in [-0.15, -0.1) is 0 Å². The fourth-order valence-corrected chi connectivity index (χ4v) is 4.35. The van der Waals surface area contributed by atoms with Crippen LogP contribution < -0.4 is 4.90 Å². The van der Waals surface area contributed by atoms with Gasteiger partial charge in [0, 0.05) is 32.7 Å². The van der Waals surface area contributed by atoms with Gasteiger partial charge in [-0.1, -0.05) is 43.3 Å². The van der Waals surface area contributed by atoms with Gasteiger partial charge in [0.05, 0.1) is 12.1 Å². The minimum atomic E-state index is -0.563. The largest absolute Gasteiger partial charge is 0.366 e. The zero-order valence-corrected chi connectivity index (χ0v) is 16.7. The van der Waals surface area contributed by atoms with Crippen molar-refractivity contribution >= 4 is 17.5 Å². The molecular weight excluding hydrogens is 369 g/mol. The molecule has 6 heteroatoms. The number of hydrogen-bond acceptors (Lipinski definition) is 3. The van der Waals surface area contributed by atoms with Gasteiger partial charge in [0.1, 0.15) is 11.9 Å². The summed E-state index contributed by atoms with van der Waals surface area (Å²) in [6.07, 6.45) is 1.15. The molecular formula is C23H26FN3O2. The summed E-state index contributed by atoms with van der Waals surface area (Å²) in [4.78, 5) is 31.7. The molecule has 0 aromatic heterocycles. The number of halogens is 1. The van der Waals surface area contributed by atoms with E-state index in [9.17, 15) is 14.0 Å². The highest BCUT2D eigenvalue weighted by Gasteiger charge is 2.39. The number of fused-ring (bicyclic) bond motifs is 1. The first-order chi connectivity index (χ1) is 14.1. The fourth-order valence-electron chi connectivity index (χ4n) is 4.35. The van der Waals surface area contributed by atoms with Gasteiger partial charge in [0.2, 0.25) is 11.8 Å². The number of nitrogens with zero attached hydrogens (tertiary/aromatic N) is 3. The first-order valence-corrected chi connectivity index (χ1v) is 10.3. The van der Waals surface area contributed by atoms with Crippen molar-refractivity contribution < 1.29 is 14.0 Å². The number of benzene rings is 2. The molecule has 5 nitrogen and oxygen atoms in total. The molecule has 0 radical (unpaired) electrons. The highest BCUT2D eigenvalue weighted by Crippen LogP contribution is 2.32. The van der Waals surface area contributed by atoms with E-state index in [1.807, 2.05) is 47.1 Å². The van der Waals surface area contributed by atoms with Crippen LogP contribution in [0.1, 0.15) is 30.5 Å². The third-order valence-corrected chi connectivity index (χ3v) is 5.81.